The normalized spacial score (nSPS) is 14.8. The zero-order chi connectivity index (χ0) is 14.2. The standard InChI is InChI=1S/C12H15N3O4/c1-7(16)6-14(2)10-5-9-8(4-12(17)13-9)3-11(10)15(18)19/h3,5,7,16H,4,6H2,1-2H3,(H,13,17). The second-order valence-corrected chi connectivity index (χ2v) is 4.71. The molecule has 1 aromatic rings. The van der Waals surface area contributed by atoms with E-state index in [1.54, 1.807) is 24.9 Å². The van der Waals surface area contributed by atoms with E-state index in [9.17, 15) is 20.0 Å². The number of aliphatic hydroxyl groups is 1. The molecule has 0 saturated heterocycles. The van der Waals surface area contributed by atoms with Gasteiger partial charge in [-0.2, -0.15) is 0 Å². The second-order valence-electron chi connectivity index (χ2n) is 4.71. The molecular weight excluding hydrogens is 250 g/mol. The fourth-order valence-corrected chi connectivity index (χ4v) is 2.20. The van der Waals surface area contributed by atoms with Crippen LogP contribution in [0, 0.1) is 10.1 Å². The van der Waals surface area contributed by atoms with Gasteiger partial charge in [-0.15, -0.1) is 0 Å². The van der Waals surface area contributed by atoms with Crippen LogP contribution >= 0.6 is 0 Å². The highest BCUT2D eigenvalue weighted by Crippen LogP contribution is 2.36. The van der Waals surface area contributed by atoms with Crippen LogP contribution in [-0.4, -0.2) is 35.6 Å². The number of anilines is 2. The van der Waals surface area contributed by atoms with E-state index in [1.165, 1.54) is 6.07 Å². The van der Waals surface area contributed by atoms with Crippen molar-refractivity contribution in [1.29, 1.82) is 0 Å². The van der Waals surface area contributed by atoms with Crippen LogP contribution in [0.3, 0.4) is 0 Å². The molecular formula is C12H15N3O4. The number of hydrogen-bond acceptors (Lipinski definition) is 5. The molecule has 0 fully saturated rings. The molecule has 1 aliphatic heterocycles. The zero-order valence-corrected chi connectivity index (χ0v) is 10.7. The van der Waals surface area contributed by atoms with E-state index in [0.717, 1.165) is 0 Å². The van der Waals surface area contributed by atoms with Crippen molar-refractivity contribution in [3.63, 3.8) is 0 Å². The fourth-order valence-electron chi connectivity index (χ4n) is 2.20. The van der Waals surface area contributed by atoms with Crippen LogP contribution < -0.4 is 10.2 Å². The van der Waals surface area contributed by atoms with Crippen molar-refractivity contribution in [2.45, 2.75) is 19.4 Å². The topological polar surface area (TPSA) is 95.7 Å². The quantitative estimate of drug-likeness (QED) is 0.623. The summed E-state index contributed by atoms with van der Waals surface area (Å²) < 4.78 is 0. The minimum Gasteiger partial charge on any atom is -0.392 e. The number of hydrogen-bond donors (Lipinski definition) is 2. The number of amides is 1. The van der Waals surface area contributed by atoms with E-state index in [4.69, 9.17) is 0 Å². The third-order valence-corrected chi connectivity index (χ3v) is 2.97. The highest BCUT2D eigenvalue weighted by atomic mass is 16.6. The molecule has 1 aromatic carbocycles. The number of nitro benzene ring substituents is 1. The summed E-state index contributed by atoms with van der Waals surface area (Å²) in [5.41, 5.74) is 1.55. The Bertz CT molecular complexity index is 542. The van der Waals surface area contributed by atoms with Crippen LogP contribution in [-0.2, 0) is 11.2 Å². The Kier molecular flexibility index (Phi) is 3.39. The lowest BCUT2D eigenvalue weighted by atomic mass is 10.1. The molecule has 0 aromatic heterocycles. The molecule has 1 amide bonds. The number of carbonyl (C=O) groups excluding carboxylic acids is 1. The molecule has 102 valence electrons. The molecule has 0 bridgehead atoms. The number of fused-ring (bicyclic) bond motifs is 1. The first-order chi connectivity index (χ1) is 8.88. The molecule has 0 saturated carbocycles. The van der Waals surface area contributed by atoms with Gasteiger partial charge < -0.3 is 15.3 Å². The fraction of sp³-hybridized carbons (Fsp3) is 0.417. The SMILES string of the molecule is CC(O)CN(C)c1cc2c(cc1[N+](=O)[O-])CC(=O)N2. The van der Waals surface area contributed by atoms with E-state index in [1.807, 2.05) is 0 Å². The van der Waals surface area contributed by atoms with Gasteiger partial charge in [0.1, 0.15) is 5.69 Å². The van der Waals surface area contributed by atoms with E-state index in [0.29, 0.717) is 16.9 Å². The summed E-state index contributed by atoms with van der Waals surface area (Å²) in [5, 5.41) is 23.1. The van der Waals surface area contributed by atoms with Gasteiger partial charge in [-0.1, -0.05) is 0 Å². The van der Waals surface area contributed by atoms with Crippen molar-refractivity contribution in [2.75, 3.05) is 23.8 Å². The largest absolute Gasteiger partial charge is 0.392 e. The Morgan fingerprint density at radius 1 is 1.58 bits per heavy atom. The predicted molar refractivity (Wildman–Crippen MR) is 70.4 cm³/mol. The smallest absolute Gasteiger partial charge is 0.292 e. The van der Waals surface area contributed by atoms with Gasteiger partial charge in [-0.25, -0.2) is 0 Å². The average molecular weight is 265 g/mol. The first kappa shape index (κ1) is 13.3. The maximum atomic E-state index is 11.3. The van der Waals surface area contributed by atoms with Gasteiger partial charge in [-0.05, 0) is 18.6 Å². The van der Waals surface area contributed by atoms with E-state index >= 15 is 0 Å². The molecule has 1 aliphatic rings. The summed E-state index contributed by atoms with van der Waals surface area (Å²) in [4.78, 5) is 23.5. The van der Waals surface area contributed by atoms with Crippen LogP contribution in [0.1, 0.15) is 12.5 Å². The van der Waals surface area contributed by atoms with Gasteiger partial charge in [0.05, 0.1) is 17.4 Å². The van der Waals surface area contributed by atoms with Gasteiger partial charge >= 0.3 is 0 Å². The predicted octanol–water partition coefficient (Wildman–Crippen LogP) is 0.906. The van der Waals surface area contributed by atoms with Gasteiger partial charge in [-0.3, -0.25) is 14.9 Å². The van der Waals surface area contributed by atoms with Crippen molar-refractivity contribution in [3.8, 4) is 0 Å². The monoisotopic (exact) mass is 265 g/mol. The maximum absolute atomic E-state index is 11.3. The molecule has 0 aliphatic carbocycles. The molecule has 1 heterocycles. The Balaban J connectivity index is 2.44. The Hall–Kier alpha value is -2.15. The van der Waals surface area contributed by atoms with Crippen LogP contribution in [0.15, 0.2) is 12.1 Å². The lowest BCUT2D eigenvalue weighted by molar-refractivity contribution is -0.384. The number of likely N-dealkylation sites (N-methyl/N-ethyl adjacent to an activating group) is 1. The summed E-state index contributed by atoms with van der Waals surface area (Å²) >= 11 is 0. The van der Waals surface area contributed by atoms with Crippen LogP contribution in [0.5, 0.6) is 0 Å². The zero-order valence-electron chi connectivity index (χ0n) is 10.7. The summed E-state index contributed by atoms with van der Waals surface area (Å²) in [7, 11) is 1.66. The number of nitrogens with one attached hydrogen (secondary N) is 1. The third-order valence-electron chi connectivity index (χ3n) is 2.97. The molecule has 7 nitrogen and oxygen atoms in total. The van der Waals surface area contributed by atoms with Gasteiger partial charge in [0.2, 0.25) is 5.91 Å². The number of aliphatic hydroxyl groups excluding tert-OH is 1. The molecule has 7 heteroatoms. The van der Waals surface area contributed by atoms with Crippen LogP contribution in [0.25, 0.3) is 0 Å². The molecule has 1 atom stereocenters. The molecule has 1 unspecified atom stereocenters. The number of nitrogens with zero attached hydrogens (tertiary/aromatic N) is 2. The number of benzene rings is 1. The Morgan fingerprint density at radius 3 is 2.84 bits per heavy atom. The van der Waals surface area contributed by atoms with Crippen molar-refractivity contribution >= 4 is 23.0 Å². The molecule has 19 heavy (non-hydrogen) atoms. The van der Waals surface area contributed by atoms with Crippen molar-refractivity contribution in [2.24, 2.45) is 0 Å². The lowest BCUT2D eigenvalue weighted by Crippen LogP contribution is -2.27. The molecule has 2 rings (SSSR count). The summed E-state index contributed by atoms with van der Waals surface area (Å²) in [5.74, 6) is -0.167. The second kappa shape index (κ2) is 4.85. The summed E-state index contributed by atoms with van der Waals surface area (Å²) in [6.07, 6.45) is -0.441. The summed E-state index contributed by atoms with van der Waals surface area (Å²) in [6.45, 7) is 1.88. The van der Waals surface area contributed by atoms with Gasteiger partial charge in [0.15, 0.2) is 0 Å². The minimum atomic E-state index is -0.604. The first-order valence-corrected chi connectivity index (χ1v) is 5.89. The lowest BCUT2D eigenvalue weighted by Gasteiger charge is -2.21. The Labute approximate surface area is 110 Å². The molecule has 0 radical (unpaired) electrons. The third kappa shape index (κ3) is 2.65. The number of carbonyl (C=O) groups is 1. The van der Waals surface area contributed by atoms with E-state index in [-0.39, 0.29) is 24.6 Å². The van der Waals surface area contributed by atoms with Gasteiger partial charge in [0.25, 0.3) is 5.69 Å². The van der Waals surface area contributed by atoms with Crippen LogP contribution in [0.2, 0.25) is 0 Å². The highest BCUT2D eigenvalue weighted by Gasteiger charge is 2.26. The molecule has 0 spiro atoms. The molecule has 2 N–H and O–H groups in total. The minimum absolute atomic E-state index is 0.0570. The van der Waals surface area contributed by atoms with E-state index in [2.05, 4.69) is 5.32 Å². The summed E-state index contributed by atoms with van der Waals surface area (Å²) in [6, 6.07) is 3.00. The Morgan fingerprint density at radius 2 is 2.26 bits per heavy atom. The number of rotatable bonds is 4. The van der Waals surface area contributed by atoms with Gasteiger partial charge in [0, 0.05) is 25.3 Å². The maximum Gasteiger partial charge on any atom is 0.292 e. The van der Waals surface area contributed by atoms with Crippen molar-refractivity contribution in [1.82, 2.24) is 0 Å². The average Bonchev–Trinajstić information content (AvgIpc) is 2.65. The van der Waals surface area contributed by atoms with Crippen LogP contribution in [0.4, 0.5) is 17.1 Å². The van der Waals surface area contributed by atoms with E-state index < -0.39 is 11.0 Å². The first-order valence-electron chi connectivity index (χ1n) is 5.89. The van der Waals surface area contributed by atoms with Crippen molar-refractivity contribution in [3.05, 3.63) is 27.8 Å². The van der Waals surface area contributed by atoms with Crippen molar-refractivity contribution < 1.29 is 14.8 Å². The number of nitro groups is 1. The highest BCUT2D eigenvalue weighted by molar-refractivity contribution is 6.00.